The summed E-state index contributed by atoms with van der Waals surface area (Å²) in [6.07, 6.45) is 15.9. The second-order valence-corrected chi connectivity index (χ2v) is 13.2. The average Bonchev–Trinajstić information content (AvgIpc) is 3.65. The van der Waals surface area contributed by atoms with Crippen LogP contribution in [0.4, 0.5) is 0 Å². The third-order valence-electron chi connectivity index (χ3n) is 8.54. The van der Waals surface area contributed by atoms with E-state index in [0.717, 1.165) is 12.8 Å². The van der Waals surface area contributed by atoms with Crippen LogP contribution in [0.2, 0.25) is 0 Å². The van der Waals surface area contributed by atoms with Gasteiger partial charge in [-0.2, -0.15) is 11.6 Å². The quantitative estimate of drug-likeness (QED) is 0.147. The molecule has 1 aliphatic rings. The van der Waals surface area contributed by atoms with Crippen LogP contribution in [0.15, 0.2) is 120 Å². The van der Waals surface area contributed by atoms with Crippen molar-refractivity contribution >= 4 is 24.8 Å². The molecule has 1 unspecified atom stereocenters. The first kappa shape index (κ1) is 40.7. The molecule has 0 saturated heterocycles. The van der Waals surface area contributed by atoms with E-state index < -0.39 is 0 Å². The SMILES string of the molecule is CCCC1=[C-]C(CCC)C=C1CCC.CCc1ccc2c(c1)[cH-]c1cc(CC)ccc12.[Cl-].[Cl-].[Zr+2]=[C](c1ccccc1)c1ccccc1. The Morgan fingerprint density at radius 3 is 1.55 bits per heavy atom. The van der Waals surface area contributed by atoms with Crippen LogP contribution in [-0.2, 0) is 37.1 Å². The second-order valence-electron chi connectivity index (χ2n) is 12.0. The van der Waals surface area contributed by atoms with Gasteiger partial charge in [0.1, 0.15) is 0 Å². The van der Waals surface area contributed by atoms with Crippen molar-refractivity contribution in [2.75, 3.05) is 0 Å². The van der Waals surface area contributed by atoms with Gasteiger partial charge in [-0.05, 0) is 12.8 Å². The van der Waals surface area contributed by atoms with Crippen LogP contribution in [0.3, 0.4) is 0 Å². The number of rotatable bonds is 10. The molecule has 0 bridgehead atoms. The molecule has 0 amide bonds. The number of halogens is 2. The van der Waals surface area contributed by atoms with Crippen molar-refractivity contribution in [1.82, 2.24) is 0 Å². The van der Waals surface area contributed by atoms with E-state index in [1.54, 1.807) is 5.57 Å². The van der Waals surface area contributed by atoms with Crippen LogP contribution in [-0.4, -0.2) is 3.21 Å². The van der Waals surface area contributed by atoms with Crippen LogP contribution in [0.5, 0.6) is 0 Å². The van der Waals surface area contributed by atoms with Crippen LogP contribution >= 0.6 is 0 Å². The molecule has 1 atom stereocenters. The van der Waals surface area contributed by atoms with Gasteiger partial charge in [-0.15, -0.1) is 39.7 Å². The first-order valence-electron chi connectivity index (χ1n) is 17.1. The van der Waals surface area contributed by atoms with Gasteiger partial charge < -0.3 is 24.8 Å². The zero-order chi connectivity index (χ0) is 32.0. The van der Waals surface area contributed by atoms with Gasteiger partial charge in [0.05, 0.1) is 0 Å². The summed E-state index contributed by atoms with van der Waals surface area (Å²) in [4.78, 5) is 0. The predicted molar refractivity (Wildman–Crippen MR) is 195 cm³/mol. The summed E-state index contributed by atoms with van der Waals surface area (Å²) in [5.41, 5.74) is 8.61. The van der Waals surface area contributed by atoms with Crippen LogP contribution in [0, 0.1) is 12.0 Å². The first-order valence-corrected chi connectivity index (χ1v) is 18.4. The topological polar surface area (TPSA) is 0 Å². The van der Waals surface area contributed by atoms with Crippen molar-refractivity contribution in [2.45, 2.75) is 86.0 Å². The van der Waals surface area contributed by atoms with E-state index in [1.807, 2.05) is 0 Å². The van der Waals surface area contributed by atoms with Crippen molar-refractivity contribution in [3.8, 4) is 0 Å². The minimum absolute atomic E-state index is 0. The Kier molecular flexibility index (Phi) is 18.6. The van der Waals surface area contributed by atoms with E-state index in [0.29, 0.717) is 5.92 Å². The van der Waals surface area contributed by atoms with Crippen molar-refractivity contribution in [3.63, 3.8) is 0 Å². The Hall–Kier alpha value is -2.44. The average molecular weight is 741 g/mol. The number of hydrogen-bond donors (Lipinski definition) is 0. The second kappa shape index (κ2) is 21.5. The fraction of sp³-hybridized carbons (Fsp3) is 0.318. The van der Waals surface area contributed by atoms with Crippen LogP contribution in [0.25, 0.3) is 21.5 Å². The molecular weight excluding hydrogens is 691 g/mol. The molecule has 0 aliphatic heterocycles. The molecule has 3 heteroatoms. The van der Waals surface area contributed by atoms with E-state index in [1.165, 1.54) is 115 Å². The Bertz CT molecular complexity index is 1590. The fourth-order valence-electron chi connectivity index (χ4n) is 6.09. The fourth-order valence-corrected chi connectivity index (χ4v) is 6.91. The standard InChI is InChI=1S/C17H17.C14H23.C13H10.2ClH.Zr/c1-3-12-5-7-16-14(9-12)11-15-10-13(4-2)6-8-17(15)16;1-4-7-12-10-13(8-5-2)14(11-12)9-6-3;1-3-7-12(8-4-1)11-13-9-5-2-6-10-13;;;/h5-11H,3-4H2,1-2H3;10,12H,4-9H2,1-3H3;1-10H;2*1H;/q2*-1;;;;+2/p-2. The molecule has 47 heavy (non-hydrogen) atoms. The Morgan fingerprint density at radius 2 is 1.13 bits per heavy atom. The normalized spacial score (nSPS) is 13.3. The molecule has 1 aliphatic carbocycles. The summed E-state index contributed by atoms with van der Waals surface area (Å²) in [6, 6.07) is 37.1. The molecular formula is C44H50Cl2Zr-2. The number of benzene rings is 4. The zero-order valence-electron chi connectivity index (χ0n) is 28.9. The summed E-state index contributed by atoms with van der Waals surface area (Å²) < 4.78 is 1.42. The van der Waals surface area contributed by atoms with Crippen molar-refractivity contribution in [3.05, 3.63) is 149 Å². The van der Waals surface area contributed by atoms with E-state index in [4.69, 9.17) is 0 Å². The van der Waals surface area contributed by atoms with Gasteiger partial charge in [-0.25, -0.2) is 5.57 Å². The third-order valence-corrected chi connectivity index (χ3v) is 9.96. The summed E-state index contributed by atoms with van der Waals surface area (Å²) in [5.74, 6) is 0.628. The van der Waals surface area contributed by atoms with E-state index in [9.17, 15) is 0 Å². The van der Waals surface area contributed by atoms with Gasteiger partial charge in [-0.1, -0.05) is 114 Å². The summed E-state index contributed by atoms with van der Waals surface area (Å²) >= 11 is 1.46. The predicted octanol–water partition coefficient (Wildman–Crippen LogP) is 6.32. The van der Waals surface area contributed by atoms with Gasteiger partial charge in [0.25, 0.3) is 0 Å². The van der Waals surface area contributed by atoms with E-state index in [-0.39, 0.29) is 24.8 Å². The van der Waals surface area contributed by atoms with Gasteiger partial charge in [0.15, 0.2) is 0 Å². The van der Waals surface area contributed by atoms with Gasteiger partial charge >= 0.3 is 99.2 Å². The van der Waals surface area contributed by atoms with Gasteiger partial charge in [-0.3, -0.25) is 6.08 Å². The molecule has 0 spiro atoms. The van der Waals surface area contributed by atoms with Crippen molar-refractivity contribution < 1.29 is 49.0 Å². The molecule has 0 saturated carbocycles. The Labute approximate surface area is 312 Å². The maximum absolute atomic E-state index is 3.65. The molecule has 0 aromatic heterocycles. The van der Waals surface area contributed by atoms with Crippen molar-refractivity contribution in [2.24, 2.45) is 5.92 Å². The first-order chi connectivity index (χ1) is 22.0. The summed E-state index contributed by atoms with van der Waals surface area (Å²) in [7, 11) is 0. The Balaban J connectivity index is 0.000000242. The number of fused-ring (bicyclic) bond motifs is 3. The maximum atomic E-state index is 3.65. The number of allylic oxidation sites excluding steroid dienone is 4. The summed E-state index contributed by atoms with van der Waals surface area (Å²) in [6.45, 7) is 11.2. The summed E-state index contributed by atoms with van der Waals surface area (Å²) in [5, 5.41) is 5.54. The van der Waals surface area contributed by atoms with E-state index >= 15 is 0 Å². The number of aryl methyl sites for hydroxylation is 2. The van der Waals surface area contributed by atoms with Crippen molar-refractivity contribution in [1.29, 1.82) is 0 Å². The molecule has 0 nitrogen and oxygen atoms in total. The van der Waals surface area contributed by atoms with E-state index in [2.05, 4.69) is 150 Å². The van der Waals surface area contributed by atoms with Crippen LogP contribution in [0.1, 0.15) is 95.4 Å². The number of hydrogen-bond acceptors (Lipinski definition) is 0. The van der Waals surface area contributed by atoms with Gasteiger partial charge in [0, 0.05) is 0 Å². The molecule has 246 valence electrons. The molecule has 0 fully saturated rings. The zero-order valence-corrected chi connectivity index (χ0v) is 32.9. The minimum atomic E-state index is 0. The molecule has 0 heterocycles. The molecule has 5 aromatic rings. The molecule has 0 radical (unpaired) electrons. The molecule has 5 aromatic carbocycles. The molecule has 6 rings (SSSR count). The van der Waals surface area contributed by atoms with Crippen LogP contribution < -0.4 is 24.8 Å². The monoisotopic (exact) mass is 738 g/mol. The van der Waals surface area contributed by atoms with Gasteiger partial charge in [0.2, 0.25) is 0 Å². The molecule has 0 N–H and O–H groups in total. The Morgan fingerprint density at radius 1 is 0.638 bits per heavy atom. The third kappa shape index (κ3) is 11.6.